The minimum atomic E-state index is 0.623. The minimum absolute atomic E-state index is 0.623. The Morgan fingerprint density at radius 1 is 1.45 bits per heavy atom. The fourth-order valence-electron chi connectivity index (χ4n) is 0.983. The van der Waals surface area contributed by atoms with Gasteiger partial charge < -0.3 is 5.41 Å². The molecule has 1 aromatic carbocycles. The van der Waals surface area contributed by atoms with Crippen molar-refractivity contribution in [3.63, 3.8) is 0 Å². The molecule has 0 unspecified atom stereocenters. The highest BCUT2D eigenvalue weighted by Crippen LogP contribution is 2.08. The first-order chi connectivity index (χ1) is 5.25. The van der Waals surface area contributed by atoms with Gasteiger partial charge in [-0.1, -0.05) is 40.2 Å². The molecule has 0 saturated carbocycles. The zero-order valence-corrected chi connectivity index (χ0v) is 7.98. The lowest BCUT2D eigenvalue weighted by molar-refractivity contribution is 1.39. The summed E-state index contributed by atoms with van der Waals surface area (Å²) in [6.07, 6.45) is 0. The summed E-state index contributed by atoms with van der Waals surface area (Å²) in [5.74, 6) is 0. The van der Waals surface area contributed by atoms with Crippen LogP contribution in [-0.2, 0) is 0 Å². The molecule has 0 aliphatic carbocycles. The van der Waals surface area contributed by atoms with Crippen LogP contribution in [0.3, 0.4) is 0 Å². The van der Waals surface area contributed by atoms with Crippen LogP contribution in [0.1, 0.15) is 11.1 Å². The number of halogens is 1. The smallest absolute Gasteiger partial charge is 0.0494 e. The standard InChI is InChI=1S/C9H10BrN/c1-7-4-2-3-5-8(7)9(11)6-10/h2-5,11H,6H2,1H3. The lowest BCUT2D eigenvalue weighted by atomic mass is 10.1. The maximum absolute atomic E-state index is 7.57. The van der Waals surface area contributed by atoms with E-state index in [1.165, 1.54) is 0 Å². The molecule has 1 nitrogen and oxygen atoms in total. The molecule has 11 heavy (non-hydrogen) atoms. The SMILES string of the molecule is Cc1ccccc1C(=N)CBr. The lowest BCUT2D eigenvalue weighted by Crippen LogP contribution is -2.01. The molecule has 0 aliphatic heterocycles. The van der Waals surface area contributed by atoms with E-state index >= 15 is 0 Å². The molecule has 58 valence electrons. The summed E-state index contributed by atoms with van der Waals surface area (Å²) >= 11 is 3.26. The zero-order valence-electron chi connectivity index (χ0n) is 6.39. The van der Waals surface area contributed by atoms with Gasteiger partial charge in [0.1, 0.15) is 0 Å². The van der Waals surface area contributed by atoms with E-state index in [1.807, 2.05) is 31.2 Å². The van der Waals surface area contributed by atoms with Crippen LogP contribution < -0.4 is 0 Å². The zero-order chi connectivity index (χ0) is 8.27. The first-order valence-electron chi connectivity index (χ1n) is 3.45. The molecule has 0 atom stereocenters. The summed E-state index contributed by atoms with van der Waals surface area (Å²) in [5.41, 5.74) is 2.84. The molecule has 0 bridgehead atoms. The van der Waals surface area contributed by atoms with E-state index < -0.39 is 0 Å². The molecule has 0 aromatic heterocycles. The van der Waals surface area contributed by atoms with Gasteiger partial charge in [-0.25, -0.2) is 0 Å². The Morgan fingerprint density at radius 3 is 2.64 bits per heavy atom. The number of nitrogens with one attached hydrogen (secondary N) is 1. The summed E-state index contributed by atoms with van der Waals surface area (Å²) in [7, 11) is 0. The Kier molecular flexibility index (Phi) is 2.83. The van der Waals surface area contributed by atoms with Gasteiger partial charge in [0.05, 0.1) is 0 Å². The number of alkyl halides is 1. The van der Waals surface area contributed by atoms with Crippen LogP contribution in [0.4, 0.5) is 0 Å². The molecular formula is C9H10BrN. The predicted octanol–water partition coefficient (Wildman–Crippen LogP) is 2.76. The van der Waals surface area contributed by atoms with Gasteiger partial charge in [-0.2, -0.15) is 0 Å². The number of hydrogen-bond acceptors (Lipinski definition) is 1. The second kappa shape index (κ2) is 3.67. The maximum Gasteiger partial charge on any atom is 0.0494 e. The van der Waals surface area contributed by atoms with Crippen LogP contribution in [0.25, 0.3) is 0 Å². The first kappa shape index (κ1) is 8.47. The Bertz CT molecular complexity index is 268. The Morgan fingerprint density at radius 2 is 2.09 bits per heavy atom. The molecule has 1 rings (SSSR count). The van der Waals surface area contributed by atoms with Crippen molar-refractivity contribution < 1.29 is 0 Å². The van der Waals surface area contributed by atoms with E-state index in [1.54, 1.807) is 0 Å². The fourth-order valence-corrected chi connectivity index (χ4v) is 1.29. The molecule has 0 fully saturated rings. The van der Waals surface area contributed by atoms with E-state index in [2.05, 4.69) is 15.9 Å². The summed E-state index contributed by atoms with van der Waals surface area (Å²) < 4.78 is 0. The van der Waals surface area contributed by atoms with Gasteiger partial charge in [0.2, 0.25) is 0 Å². The average Bonchev–Trinajstić information content (AvgIpc) is 2.04. The predicted molar refractivity (Wildman–Crippen MR) is 51.8 cm³/mol. The third-order valence-electron chi connectivity index (χ3n) is 1.60. The Hall–Kier alpha value is -0.630. The van der Waals surface area contributed by atoms with Crippen molar-refractivity contribution >= 4 is 21.6 Å². The molecule has 0 spiro atoms. The van der Waals surface area contributed by atoms with Crippen molar-refractivity contribution in [3.05, 3.63) is 35.4 Å². The van der Waals surface area contributed by atoms with Crippen LogP contribution in [-0.4, -0.2) is 11.0 Å². The molecule has 0 amide bonds. The van der Waals surface area contributed by atoms with E-state index in [9.17, 15) is 0 Å². The Balaban J connectivity index is 3.03. The number of benzene rings is 1. The molecule has 1 N–H and O–H groups in total. The van der Waals surface area contributed by atoms with Gasteiger partial charge in [-0.15, -0.1) is 0 Å². The van der Waals surface area contributed by atoms with Gasteiger partial charge in [0.25, 0.3) is 0 Å². The van der Waals surface area contributed by atoms with Crippen molar-refractivity contribution in [1.82, 2.24) is 0 Å². The van der Waals surface area contributed by atoms with Crippen LogP contribution in [0.15, 0.2) is 24.3 Å². The van der Waals surface area contributed by atoms with Gasteiger partial charge >= 0.3 is 0 Å². The highest BCUT2D eigenvalue weighted by atomic mass is 79.9. The molecule has 0 aliphatic rings. The average molecular weight is 212 g/mol. The van der Waals surface area contributed by atoms with E-state index in [0.29, 0.717) is 11.0 Å². The number of rotatable bonds is 2. The quantitative estimate of drug-likeness (QED) is 0.575. The molecule has 2 heteroatoms. The molecule has 0 heterocycles. The van der Waals surface area contributed by atoms with E-state index in [-0.39, 0.29) is 0 Å². The van der Waals surface area contributed by atoms with Crippen molar-refractivity contribution in [2.45, 2.75) is 6.92 Å². The van der Waals surface area contributed by atoms with E-state index in [0.717, 1.165) is 11.1 Å². The second-order valence-electron chi connectivity index (χ2n) is 2.43. The maximum atomic E-state index is 7.57. The summed E-state index contributed by atoms with van der Waals surface area (Å²) in [5, 5.41) is 8.20. The summed E-state index contributed by atoms with van der Waals surface area (Å²) in [6, 6.07) is 7.94. The topological polar surface area (TPSA) is 23.9 Å². The molecular weight excluding hydrogens is 202 g/mol. The van der Waals surface area contributed by atoms with Crippen molar-refractivity contribution in [1.29, 1.82) is 5.41 Å². The number of hydrogen-bond donors (Lipinski definition) is 1. The van der Waals surface area contributed by atoms with Gasteiger partial charge in [0.15, 0.2) is 0 Å². The normalized spacial score (nSPS) is 9.64. The molecule has 0 saturated heterocycles. The summed E-state index contributed by atoms with van der Waals surface area (Å²) in [4.78, 5) is 0. The fraction of sp³-hybridized carbons (Fsp3) is 0.222. The van der Waals surface area contributed by atoms with Crippen LogP contribution in [0.2, 0.25) is 0 Å². The number of aryl methyl sites for hydroxylation is 1. The van der Waals surface area contributed by atoms with E-state index in [4.69, 9.17) is 5.41 Å². The third kappa shape index (κ3) is 1.90. The van der Waals surface area contributed by atoms with Gasteiger partial charge in [0, 0.05) is 11.0 Å². The van der Waals surface area contributed by atoms with Gasteiger partial charge in [-0.05, 0) is 18.1 Å². The van der Waals surface area contributed by atoms with Crippen LogP contribution in [0.5, 0.6) is 0 Å². The van der Waals surface area contributed by atoms with Gasteiger partial charge in [-0.3, -0.25) is 0 Å². The second-order valence-corrected chi connectivity index (χ2v) is 2.99. The first-order valence-corrected chi connectivity index (χ1v) is 4.57. The molecule has 0 radical (unpaired) electrons. The third-order valence-corrected chi connectivity index (χ3v) is 2.16. The lowest BCUT2D eigenvalue weighted by Gasteiger charge is -2.02. The van der Waals surface area contributed by atoms with Crippen LogP contribution >= 0.6 is 15.9 Å². The minimum Gasteiger partial charge on any atom is -0.304 e. The monoisotopic (exact) mass is 211 g/mol. The van der Waals surface area contributed by atoms with Crippen LogP contribution in [0, 0.1) is 12.3 Å². The van der Waals surface area contributed by atoms with Crippen molar-refractivity contribution in [3.8, 4) is 0 Å². The highest BCUT2D eigenvalue weighted by Gasteiger charge is 2.00. The molecule has 1 aromatic rings. The largest absolute Gasteiger partial charge is 0.304 e. The highest BCUT2D eigenvalue weighted by molar-refractivity contribution is 9.09. The van der Waals surface area contributed by atoms with Crippen molar-refractivity contribution in [2.75, 3.05) is 5.33 Å². The Labute approximate surface area is 75.1 Å². The summed E-state index contributed by atoms with van der Waals surface area (Å²) in [6.45, 7) is 2.02. The van der Waals surface area contributed by atoms with Crippen molar-refractivity contribution in [2.24, 2.45) is 0 Å².